The molecule has 136 valence electrons. The number of rotatable bonds is 9. The van der Waals surface area contributed by atoms with E-state index in [-0.39, 0.29) is 25.3 Å². The summed E-state index contributed by atoms with van der Waals surface area (Å²) >= 11 is 0. The van der Waals surface area contributed by atoms with Crippen LogP contribution in [0.4, 0.5) is 13.2 Å². The Kier molecular flexibility index (Phi) is 7.64. The van der Waals surface area contributed by atoms with E-state index in [4.69, 9.17) is 5.73 Å². The molecule has 1 rings (SSSR count). The number of halogens is 3. The van der Waals surface area contributed by atoms with Crippen LogP contribution in [-0.4, -0.2) is 34.0 Å². The zero-order valence-corrected chi connectivity index (χ0v) is 13.7. The van der Waals surface area contributed by atoms with E-state index in [2.05, 4.69) is 10.0 Å². The van der Waals surface area contributed by atoms with E-state index in [1.807, 2.05) is 0 Å². The minimum atomic E-state index is -4.62. The minimum Gasteiger partial charge on any atom is -0.356 e. The van der Waals surface area contributed by atoms with Crippen molar-refractivity contribution in [3.63, 3.8) is 0 Å². The Labute approximate surface area is 138 Å². The topological polar surface area (TPSA) is 101 Å². The SMILES string of the molecule is NCCCNC(=O)CCCNS(=O)(=O)c1cccc(C(F)(F)F)c1. The fraction of sp³-hybridized carbons (Fsp3) is 0.500. The van der Waals surface area contributed by atoms with Crippen molar-refractivity contribution < 1.29 is 26.4 Å². The Bertz CT molecular complexity index is 648. The molecular weight excluding hydrogens is 347 g/mol. The first-order chi connectivity index (χ1) is 11.2. The number of nitrogens with one attached hydrogen (secondary N) is 2. The quantitative estimate of drug-likeness (QED) is 0.572. The molecule has 0 atom stereocenters. The van der Waals surface area contributed by atoms with E-state index >= 15 is 0 Å². The van der Waals surface area contributed by atoms with Gasteiger partial charge in [0.05, 0.1) is 10.5 Å². The zero-order chi connectivity index (χ0) is 18.2. The predicted octanol–water partition coefficient (Wildman–Crippen LogP) is 1.23. The second-order valence-corrected chi connectivity index (χ2v) is 6.79. The van der Waals surface area contributed by atoms with Gasteiger partial charge in [0, 0.05) is 19.5 Å². The van der Waals surface area contributed by atoms with Crippen LogP contribution in [0.15, 0.2) is 29.2 Å². The molecule has 0 heterocycles. The van der Waals surface area contributed by atoms with Gasteiger partial charge in [-0.1, -0.05) is 6.07 Å². The van der Waals surface area contributed by atoms with Crippen molar-refractivity contribution in [1.82, 2.24) is 10.0 Å². The van der Waals surface area contributed by atoms with Gasteiger partial charge in [0.2, 0.25) is 15.9 Å². The summed E-state index contributed by atoms with van der Waals surface area (Å²) in [5, 5.41) is 2.62. The number of amides is 1. The second kappa shape index (κ2) is 9.00. The number of hydrogen-bond acceptors (Lipinski definition) is 4. The highest BCUT2D eigenvalue weighted by Crippen LogP contribution is 2.30. The van der Waals surface area contributed by atoms with Crippen molar-refractivity contribution in [2.45, 2.75) is 30.3 Å². The number of benzene rings is 1. The van der Waals surface area contributed by atoms with E-state index in [1.165, 1.54) is 0 Å². The molecule has 1 aromatic rings. The Morgan fingerprint density at radius 3 is 2.50 bits per heavy atom. The summed E-state index contributed by atoms with van der Waals surface area (Å²) < 4.78 is 64.0. The molecule has 0 saturated heterocycles. The lowest BCUT2D eigenvalue weighted by Crippen LogP contribution is -2.28. The summed E-state index contributed by atoms with van der Waals surface area (Å²) in [7, 11) is -4.06. The molecule has 0 aliphatic rings. The molecule has 0 bridgehead atoms. The molecule has 24 heavy (non-hydrogen) atoms. The van der Waals surface area contributed by atoms with Gasteiger partial charge in [0.15, 0.2) is 0 Å². The molecule has 0 aliphatic heterocycles. The average molecular weight is 367 g/mol. The van der Waals surface area contributed by atoms with E-state index in [0.717, 1.165) is 18.2 Å². The Hall–Kier alpha value is -1.65. The molecule has 0 unspecified atom stereocenters. The zero-order valence-electron chi connectivity index (χ0n) is 12.9. The normalized spacial score (nSPS) is 12.2. The van der Waals surface area contributed by atoms with Crippen LogP contribution >= 0.6 is 0 Å². The Morgan fingerprint density at radius 2 is 1.88 bits per heavy atom. The van der Waals surface area contributed by atoms with Gasteiger partial charge in [-0.05, 0) is 37.6 Å². The number of carbonyl (C=O) groups is 1. The van der Waals surface area contributed by atoms with Gasteiger partial charge in [-0.25, -0.2) is 13.1 Å². The van der Waals surface area contributed by atoms with Crippen LogP contribution in [0.2, 0.25) is 0 Å². The molecule has 1 aromatic carbocycles. The Balaban J connectivity index is 2.51. The maximum absolute atomic E-state index is 12.6. The smallest absolute Gasteiger partial charge is 0.356 e. The monoisotopic (exact) mass is 367 g/mol. The van der Waals surface area contributed by atoms with Crippen molar-refractivity contribution in [3.05, 3.63) is 29.8 Å². The molecule has 6 nitrogen and oxygen atoms in total. The number of nitrogens with two attached hydrogens (primary N) is 1. The van der Waals surface area contributed by atoms with Crippen molar-refractivity contribution in [3.8, 4) is 0 Å². The largest absolute Gasteiger partial charge is 0.416 e. The van der Waals surface area contributed by atoms with Gasteiger partial charge in [-0.15, -0.1) is 0 Å². The van der Waals surface area contributed by atoms with E-state index < -0.39 is 26.7 Å². The van der Waals surface area contributed by atoms with Crippen molar-refractivity contribution in [1.29, 1.82) is 0 Å². The van der Waals surface area contributed by atoms with Crippen LogP contribution in [0, 0.1) is 0 Å². The van der Waals surface area contributed by atoms with Crippen LogP contribution in [0.1, 0.15) is 24.8 Å². The van der Waals surface area contributed by atoms with Crippen LogP contribution in [0.25, 0.3) is 0 Å². The molecule has 4 N–H and O–H groups in total. The lowest BCUT2D eigenvalue weighted by molar-refractivity contribution is -0.137. The van der Waals surface area contributed by atoms with Gasteiger partial charge < -0.3 is 11.1 Å². The third kappa shape index (κ3) is 6.85. The summed E-state index contributed by atoms with van der Waals surface area (Å²) in [6.45, 7) is 0.852. The molecule has 10 heteroatoms. The molecule has 0 spiro atoms. The summed E-state index contributed by atoms with van der Waals surface area (Å²) in [6.07, 6.45) is -3.64. The molecule has 0 radical (unpaired) electrons. The minimum absolute atomic E-state index is 0.0527. The van der Waals surface area contributed by atoms with Gasteiger partial charge in [-0.3, -0.25) is 4.79 Å². The van der Waals surface area contributed by atoms with E-state index in [1.54, 1.807) is 0 Å². The molecule has 0 saturated carbocycles. The lowest BCUT2D eigenvalue weighted by Gasteiger charge is -2.10. The average Bonchev–Trinajstić information content (AvgIpc) is 2.51. The highest BCUT2D eigenvalue weighted by atomic mass is 32.2. The third-order valence-corrected chi connectivity index (χ3v) is 4.51. The molecule has 1 amide bonds. The maximum atomic E-state index is 12.6. The molecule has 0 fully saturated rings. The fourth-order valence-electron chi connectivity index (χ4n) is 1.80. The first-order valence-electron chi connectivity index (χ1n) is 7.30. The van der Waals surface area contributed by atoms with Crippen LogP contribution in [0.5, 0.6) is 0 Å². The number of hydrogen-bond donors (Lipinski definition) is 3. The second-order valence-electron chi connectivity index (χ2n) is 5.02. The third-order valence-electron chi connectivity index (χ3n) is 3.05. The maximum Gasteiger partial charge on any atom is 0.416 e. The highest BCUT2D eigenvalue weighted by Gasteiger charge is 2.31. The van der Waals surface area contributed by atoms with Crippen LogP contribution in [-0.2, 0) is 21.0 Å². The summed E-state index contributed by atoms with van der Waals surface area (Å²) in [4.78, 5) is 10.9. The summed E-state index contributed by atoms with van der Waals surface area (Å²) in [6, 6.07) is 3.48. The van der Waals surface area contributed by atoms with E-state index in [9.17, 15) is 26.4 Å². The van der Waals surface area contributed by atoms with Gasteiger partial charge in [0.25, 0.3) is 0 Å². The first kappa shape index (κ1) is 20.4. The van der Waals surface area contributed by atoms with Gasteiger partial charge >= 0.3 is 6.18 Å². The highest BCUT2D eigenvalue weighted by molar-refractivity contribution is 7.89. The molecule has 0 aromatic heterocycles. The van der Waals surface area contributed by atoms with E-state index in [0.29, 0.717) is 25.6 Å². The summed E-state index contributed by atoms with van der Waals surface area (Å²) in [5.74, 6) is -0.235. The van der Waals surface area contributed by atoms with Crippen LogP contribution < -0.4 is 15.8 Å². The lowest BCUT2D eigenvalue weighted by atomic mass is 10.2. The van der Waals surface area contributed by atoms with Crippen molar-refractivity contribution in [2.75, 3.05) is 19.6 Å². The van der Waals surface area contributed by atoms with Gasteiger partial charge in [-0.2, -0.15) is 13.2 Å². The fourth-order valence-corrected chi connectivity index (χ4v) is 2.92. The number of sulfonamides is 1. The standard InChI is InChI=1S/C14H20F3N3O3S/c15-14(16,17)11-4-1-5-12(10-11)24(22,23)20-9-2-6-13(21)19-8-3-7-18/h1,4-5,10,20H,2-3,6-9,18H2,(H,19,21). The van der Waals surface area contributed by atoms with Crippen molar-refractivity contribution >= 4 is 15.9 Å². The van der Waals surface area contributed by atoms with Crippen LogP contribution in [0.3, 0.4) is 0 Å². The molecular formula is C14H20F3N3O3S. The number of carbonyl (C=O) groups excluding carboxylic acids is 1. The van der Waals surface area contributed by atoms with Gasteiger partial charge in [0.1, 0.15) is 0 Å². The van der Waals surface area contributed by atoms with Crippen molar-refractivity contribution in [2.24, 2.45) is 5.73 Å². The number of alkyl halides is 3. The summed E-state index contributed by atoms with van der Waals surface area (Å²) in [5.41, 5.74) is 4.24. The Morgan fingerprint density at radius 1 is 1.17 bits per heavy atom. The first-order valence-corrected chi connectivity index (χ1v) is 8.79. The predicted molar refractivity (Wildman–Crippen MR) is 82.5 cm³/mol. The molecule has 0 aliphatic carbocycles.